The van der Waals surface area contributed by atoms with Crippen LogP contribution in [0.3, 0.4) is 0 Å². The van der Waals surface area contributed by atoms with Gasteiger partial charge in [-0.1, -0.05) is 0 Å². The van der Waals surface area contributed by atoms with Crippen molar-refractivity contribution in [3.8, 4) is 0 Å². The zero-order valence-corrected chi connectivity index (χ0v) is 13.8. The van der Waals surface area contributed by atoms with Crippen LogP contribution in [0.5, 0.6) is 0 Å². The molecule has 1 amide bonds. The highest BCUT2D eigenvalue weighted by Crippen LogP contribution is 2.14. The summed E-state index contributed by atoms with van der Waals surface area (Å²) in [5.74, 6) is -0.229. The van der Waals surface area contributed by atoms with E-state index < -0.39 is 5.91 Å². The Bertz CT molecular complexity index is 684. The van der Waals surface area contributed by atoms with Crippen LogP contribution in [-0.2, 0) is 24.8 Å². The number of hydrogen-bond acceptors (Lipinski definition) is 6. The fourth-order valence-corrected chi connectivity index (χ4v) is 2.91. The normalized spacial score (nSPS) is 19.1. The Morgan fingerprint density at radius 3 is 2.92 bits per heavy atom. The quantitative estimate of drug-likeness (QED) is 0.828. The molecule has 0 aromatic carbocycles. The van der Waals surface area contributed by atoms with Crippen LogP contribution in [0.2, 0.25) is 0 Å². The lowest BCUT2D eigenvalue weighted by Crippen LogP contribution is -2.30. The Hall–Kier alpha value is -2.32. The van der Waals surface area contributed by atoms with Crippen LogP contribution in [0, 0.1) is 5.92 Å². The molecule has 0 radical (unpaired) electrons. The van der Waals surface area contributed by atoms with E-state index in [9.17, 15) is 4.79 Å². The summed E-state index contributed by atoms with van der Waals surface area (Å²) in [5, 5.41) is 4.22. The highest BCUT2D eigenvalue weighted by molar-refractivity contribution is 5.90. The van der Waals surface area contributed by atoms with Gasteiger partial charge in [0, 0.05) is 50.6 Å². The van der Waals surface area contributed by atoms with Gasteiger partial charge in [0.05, 0.1) is 31.3 Å². The van der Waals surface area contributed by atoms with Crippen LogP contribution in [0.1, 0.15) is 21.7 Å². The highest BCUT2D eigenvalue weighted by Gasteiger charge is 2.20. The molecule has 1 saturated heterocycles. The minimum absolute atomic E-state index is 0.189. The molecule has 1 aliphatic rings. The van der Waals surface area contributed by atoms with Gasteiger partial charge in [-0.05, 0) is 6.42 Å². The summed E-state index contributed by atoms with van der Waals surface area (Å²) >= 11 is 0. The minimum atomic E-state index is -0.561. The summed E-state index contributed by atoms with van der Waals surface area (Å²) in [6.45, 7) is 4.11. The van der Waals surface area contributed by atoms with E-state index in [0.29, 0.717) is 12.5 Å². The third kappa shape index (κ3) is 4.36. The number of nitrogens with zero attached hydrogens (tertiary/aromatic N) is 5. The fraction of sp³-hybridized carbons (Fsp3) is 0.500. The van der Waals surface area contributed by atoms with E-state index in [2.05, 4.69) is 20.0 Å². The number of aryl methyl sites for hydroxylation is 1. The van der Waals surface area contributed by atoms with E-state index in [1.165, 1.54) is 11.8 Å². The number of ether oxygens (including phenoxy) is 1. The summed E-state index contributed by atoms with van der Waals surface area (Å²) in [6, 6.07) is 0. The number of amides is 1. The monoisotopic (exact) mass is 330 g/mol. The minimum Gasteiger partial charge on any atom is -0.380 e. The van der Waals surface area contributed by atoms with E-state index in [0.717, 1.165) is 38.4 Å². The van der Waals surface area contributed by atoms with Crippen LogP contribution < -0.4 is 5.73 Å². The van der Waals surface area contributed by atoms with Crippen LogP contribution in [0.15, 0.2) is 24.8 Å². The standard InChI is InChI=1S/C16H22N6O2/c1-21-8-13(5-20-21)10-22-2-3-24-11-12(9-22)4-14-6-19-15(7-18-14)16(17)23/h5-8,12H,2-4,9-11H2,1H3,(H2,17,23)/t12-/m1/s1. The highest BCUT2D eigenvalue weighted by atomic mass is 16.5. The number of hydrogen-bond donors (Lipinski definition) is 1. The predicted octanol–water partition coefficient (Wildman–Crippen LogP) is 0.000100. The van der Waals surface area contributed by atoms with E-state index in [1.54, 1.807) is 6.20 Å². The molecule has 1 fully saturated rings. The third-order valence-corrected chi connectivity index (χ3v) is 4.04. The van der Waals surface area contributed by atoms with Gasteiger partial charge in [-0.2, -0.15) is 5.10 Å². The first-order chi connectivity index (χ1) is 11.6. The van der Waals surface area contributed by atoms with Crippen molar-refractivity contribution in [3.63, 3.8) is 0 Å². The topological polar surface area (TPSA) is 99.2 Å². The van der Waals surface area contributed by atoms with Gasteiger partial charge in [0.1, 0.15) is 5.69 Å². The van der Waals surface area contributed by atoms with E-state index in [4.69, 9.17) is 10.5 Å². The summed E-state index contributed by atoms with van der Waals surface area (Å²) in [6.07, 6.45) is 7.75. The van der Waals surface area contributed by atoms with Crippen molar-refractivity contribution in [1.82, 2.24) is 24.6 Å². The largest absolute Gasteiger partial charge is 0.380 e. The van der Waals surface area contributed by atoms with Crippen molar-refractivity contribution in [3.05, 3.63) is 41.7 Å². The van der Waals surface area contributed by atoms with Crippen molar-refractivity contribution >= 4 is 5.91 Å². The number of nitrogens with two attached hydrogens (primary N) is 1. The van der Waals surface area contributed by atoms with Gasteiger partial charge in [0.2, 0.25) is 0 Å². The maximum atomic E-state index is 11.1. The van der Waals surface area contributed by atoms with Crippen LogP contribution in [0.25, 0.3) is 0 Å². The number of carbonyl (C=O) groups excluding carboxylic acids is 1. The summed E-state index contributed by atoms with van der Waals surface area (Å²) in [4.78, 5) is 21.8. The van der Waals surface area contributed by atoms with Crippen molar-refractivity contribution in [2.75, 3.05) is 26.3 Å². The molecular formula is C16H22N6O2. The second-order valence-electron chi connectivity index (χ2n) is 6.16. The van der Waals surface area contributed by atoms with Gasteiger partial charge in [-0.15, -0.1) is 0 Å². The maximum absolute atomic E-state index is 11.1. The number of primary amides is 1. The van der Waals surface area contributed by atoms with Crippen molar-refractivity contribution < 1.29 is 9.53 Å². The molecule has 0 saturated carbocycles. The van der Waals surface area contributed by atoms with E-state index in [-0.39, 0.29) is 5.69 Å². The Morgan fingerprint density at radius 1 is 1.38 bits per heavy atom. The van der Waals surface area contributed by atoms with Gasteiger partial charge in [-0.25, -0.2) is 4.98 Å². The smallest absolute Gasteiger partial charge is 0.268 e. The molecule has 1 aliphatic heterocycles. The lowest BCUT2D eigenvalue weighted by molar-refractivity contribution is 0.0995. The zero-order chi connectivity index (χ0) is 16.9. The molecule has 8 heteroatoms. The number of carbonyl (C=O) groups is 1. The second kappa shape index (κ2) is 7.50. The first-order valence-corrected chi connectivity index (χ1v) is 7.98. The first kappa shape index (κ1) is 16.5. The van der Waals surface area contributed by atoms with Crippen LogP contribution in [-0.4, -0.2) is 56.9 Å². The molecule has 2 aromatic heterocycles. The average Bonchev–Trinajstić information content (AvgIpc) is 2.83. The molecule has 2 aromatic rings. The van der Waals surface area contributed by atoms with Gasteiger partial charge < -0.3 is 10.5 Å². The fourth-order valence-electron chi connectivity index (χ4n) is 2.91. The van der Waals surface area contributed by atoms with Gasteiger partial charge in [-0.3, -0.25) is 19.4 Å². The van der Waals surface area contributed by atoms with Gasteiger partial charge in [0.15, 0.2) is 0 Å². The summed E-state index contributed by atoms with van der Waals surface area (Å²) in [7, 11) is 1.92. The Morgan fingerprint density at radius 2 is 2.25 bits per heavy atom. The molecule has 128 valence electrons. The number of rotatable bonds is 5. The van der Waals surface area contributed by atoms with Crippen LogP contribution >= 0.6 is 0 Å². The van der Waals surface area contributed by atoms with Gasteiger partial charge in [0.25, 0.3) is 5.91 Å². The molecule has 8 nitrogen and oxygen atoms in total. The molecule has 3 rings (SSSR count). The maximum Gasteiger partial charge on any atom is 0.268 e. The molecule has 2 N–H and O–H groups in total. The Balaban J connectivity index is 1.60. The molecule has 3 heterocycles. The summed E-state index contributed by atoms with van der Waals surface area (Å²) < 4.78 is 7.55. The molecular weight excluding hydrogens is 308 g/mol. The Kier molecular flexibility index (Phi) is 5.17. The number of aromatic nitrogens is 4. The average molecular weight is 330 g/mol. The predicted molar refractivity (Wildman–Crippen MR) is 87.0 cm³/mol. The van der Waals surface area contributed by atoms with Gasteiger partial charge >= 0.3 is 0 Å². The molecule has 0 bridgehead atoms. The third-order valence-electron chi connectivity index (χ3n) is 4.04. The molecule has 0 spiro atoms. The van der Waals surface area contributed by atoms with Crippen LogP contribution in [0.4, 0.5) is 0 Å². The van der Waals surface area contributed by atoms with Crippen molar-refractivity contribution in [1.29, 1.82) is 0 Å². The molecule has 1 atom stereocenters. The molecule has 0 unspecified atom stereocenters. The lowest BCUT2D eigenvalue weighted by Gasteiger charge is -2.22. The second-order valence-corrected chi connectivity index (χ2v) is 6.16. The van der Waals surface area contributed by atoms with E-state index in [1.807, 2.05) is 24.1 Å². The molecule has 0 aliphatic carbocycles. The Labute approximate surface area is 140 Å². The van der Waals surface area contributed by atoms with E-state index >= 15 is 0 Å². The summed E-state index contributed by atoms with van der Waals surface area (Å²) in [5.41, 5.74) is 7.42. The first-order valence-electron chi connectivity index (χ1n) is 7.98. The lowest BCUT2D eigenvalue weighted by atomic mass is 10.0. The SMILES string of the molecule is Cn1cc(CN2CCOC[C@H](Cc3cnc(C(N)=O)cn3)C2)cn1. The van der Waals surface area contributed by atoms with Crippen molar-refractivity contribution in [2.45, 2.75) is 13.0 Å². The molecule has 24 heavy (non-hydrogen) atoms. The zero-order valence-electron chi connectivity index (χ0n) is 13.8. The van der Waals surface area contributed by atoms with Crippen molar-refractivity contribution in [2.24, 2.45) is 18.7 Å².